The Morgan fingerprint density at radius 3 is 2.45 bits per heavy atom. The number of anilines is 1. The zero-order valence-electron chi connectivity index (χ0n) is 11.8. The van der Waals surface area contributed by atoms with Gasteiger partial charge in [-0.1, -0.05) is 13.8 Å². The highest BCUT2D eigenvalue weighted by Crippen LogP contribution is 2.36. The number of hydrogen-bond acceptors (Lipinski definition) is 3. The van der Waals surface area contributed by atoms with Gasteiger partial charge in [0.15, 0.2) is 0 Å². The van der Waals surface area contributed by atoms with E-state index in [1.54, 1.807) is 13.8 Å². The molecule has 4 amide bonds. The first-order valence-corrected chi connectivity index (χ1v) is 6.49. The fourth-order valence-corrected chi connectivity index (χ4v) is 2.03. The molecule has 0 unspecified atom stereocenters. The summed E-state index contributed by atoms with van der Waals surface area (Å²) in [6.07, 6.45) is -4.84. The van der Waals surface area contributed by atoms with Crippen LogP contribution in [-0.2, 0) is 22.2 Å². The highest BCUT2D eigenvalue weighted by Gasteiger charge is 2.37. The highest BCUT2D eigenvalue weighted by molar-refractivity contribution is 6.21. The lowest BCUT2D eigenvalue weighted by atomic mass is 10.1. The molecule has 1 aromatic carbocycles. The molecule has 0 saturated carbocycles. The molecule has 0 spiro atoms. The van der Waals surface area contributed by atoms with Crippen molar-refractivity contribution in [1.82, 2.24) is 5.32 Å². The van der Waals surface area contributed by atoms with Crippen LogP contribution in [0.3, 0.4) is 0 Å². The van der Waals surface area contributed by atoms with Crippen molar-refractivity contribution in [2.24, 2.45) is 5.92 Å². The third-order valence-corrected chi connectivity index (χ3v) is 3.20. The van der Waals surface area contributed by atoms with Crippen LogP contribution in [0.5, 0.6) is 0 Å². The number of halogens is 3. The molecule has 118 valence electrons. The van der Waals surface area contributed by atoms with Gasteiger partial charge in [-0.25, -0.2) is 9.69 Å². The molecule has 0 radical (unpaired) electrons. The Labute approximate surface area is 124 Å². The molecule has 2 rings (SSSR count). The lowest BCUT2D eigenvalue weighted by Crippen LogP contribution is -2.45. The number of nitrogens with one attached hydrogen (secondary N) is 1. The van der Waals surface area contributed by atoms with Gasteiger partial charge in [-0.15, -0.1) is 0 Å². The van der Waals surface area contributed by atoms with Crippen molar-refractivity contribution in [1.29, 1.82) is 0 Å². The van der Waals surface area contributed by atoms with Crippen LogP contribution >= 0.6 is 0 Å². The van der Waals surface area contributed by atoms with Gasteiger partial charge in [0, 0.05) is 5.92 Å². The second-order valence-corrected chi connectivity index (χ2v) is 5.20. The fourth-order valence-electron chi connectivity index (χ4n) is 2.03. The molecule has 0 atom stereocenters. The van der Waals surface area contributed by atoms with E-state index in [1.807, 2.05) is 5.32 Å². The van der Waals surface area contributed by atoms with Crippen molar-refractivity contribution < 1.29 is 27.6 Å². The highest BCUT2D eigenvalue weighted by atomic mass is 19.4. The molecular weight excluding hydrogens is 301 g/mol. The molecule has 0 aromatic heterocycles. The molecule has 8 heteroatoms. The maximum atomic E-state index is 12.6. The van der Waals surface area contributed by atoms with E-state index in [0.717, 1.165) is 18.2 Å². The fraction of sp³-hybridized carbons (Fsp3) is 0.357. The first-order chi connectivity index (χ1) is 10.1. The van der Waals surface area contributed by atoms with Gasteiger partial charge in [-0.05, 0) is 23.8 Å². The molecule has 22 heavy (non-hydrogen) atoms. The minimum absolute atomic E-state index is 0.0621. The molecule has 1 aliphatic rings. The van der Waals surface area contributed by atoms with Gasteiger partial charge >= 0.3 is 12.2 Å². The molecule has 1 aromatic rings. The van der Waals surface area contributed by atoms with Crippen LogP contribution in [0.2, 0.25) is 0 Å². The van der Waals surface area contributed by atoms with Gasteiger partial charge in [0.1, 0.15) is 0 Å². The lowest BCUT2D eigenvalue weighted by Gasteiger charge is -2.17. The van der Waals surface area contributed by atoms with Gasteiger partial charge < -0.3 is 0 Å². The van der Waals surface area contributed by atoms with E-state index in [1.165, 1.54) is 0 Å². The number of carbonyl (C=O) groups is 3. The average molecular weight is 314 g/mol. The number of rotatable bonds is 1. The van der Waals surface area contributed by atoms with Crippen LogP contribution in [0.15, 0.2) is 18.2 Å². The zero-order valence-corrected chi connectivity index (χ0v) is 11.8. The smallest absolute Gasteiger partial charge is 0.277 e. The second kappa shape index (κ2) is 5.43. The summed E-state index contributed by atoms with van der Waals surface area (Å²) in [5, 5.41) is 2.04. The first kappa shape index (κ1) is 16.0. The van der Waals surface area contributed by atoms with Crippen molar-refractivity contribution in [3.05, 3.63) is 29.3 Å². The van der Waals surface area contributed by atoms with Gasteiger partial charge in [-0.2, -0.15) is 13.2 Å². The van der Waals surface area contributed by atoms with Crippen LogP contribution in [0.25, 0.3) is 0 Å². The monoisotopic (exact) mass is 314 g/mol. The number of hydrogen-bond donors (Lipinski definition) is 1. The quantitative estimate of drug-likeness (QED) is 0.866. The average Bonchev–Trinajstić information content (AvgIpc) is 2.72. The van der Waals surface area contributed by atoms with Crippen LogP contribution in [0, 0.1) is 5.92 Å². The van der Waals surface area contributed by atoms with E-state index in [0.29, 0.717) is 4.90 Å². The van der Waals surface area contributed by atoms with E-state index < -0.39 is 35.5 Å². The number of nitrogens with zero attached hydrogens (tertiary/aromatic N) is 1. The van der Waals surface area contributed by atoms with Gasteiger partial charge in [0.2, 0.25) is 11.8 Å². The summed E-state index contributed by atoms with van der Waals surface area (Å²) in [4.78, 5) is 36.0. The number of urea groups is 1. The Morgan fingerprint density at radius 1 is 1.27 bits per heavy atom. The number of benzene rings is 1. The minimum atomic E-state index is -4.53. The Hall–Kier alpha value is -2.38. The molecular formula is C14H13F3N2O3. The number of imide groups is 2. The third kappa shape index (κ3) is 2.95. The zero-order chi connectivity index (χ0) is 16.7. The molecule has 0 saturated heterocycles. The van der Waals surface area contributed by atoms with Crippen LogP contribution < -0.4 is 10.2 Å². The summed E-state index contributed by atoms with van der Waals surface area (Å²) in [6, 6.07) is 1.73. The van der Waals surface area contributed by atoms with E-state index in [2.05, 4.69) is 0 Å². The van der Waals surface area contributed by atoms with Crippen molar-refractivity contribution in [2.75, 3.05) is 4.90 Å². The molecule has 0 fully saturated rings. The molecule has 1 heterocycles. The van der Waals surface area contributed by atoms with Crippen molar-refractivity contribution >= 4 is 23.5 Å². The predicted octanol–water partition coefficient (Wildman–Crippen LogP) is 2.49. The van der Waals surface area contributed by atoms with Crippen LogP contribution in [0.1, 0.15) is 25.0 Å². The predicted molar refractivity (Wildman–Crippen MR) is 71.0 cm³/mol. The Bertz CT molecular complexity index is 653. The Morgan fingerprint density at radius 2 is 1.91 bits per heavy atom. The SMILES string of the molecule is CC(C)C(=O)NC(=O)N1C(=O)Cc2cc(C(F)(F)F)ccc21. The molecule has 0 bridgehead atoms. The Balaban J connectivity index is 2.29. The van der Waals surface area contributed by atoms with Crippen molar-refractivity contribution in [2.45, 2.75) is 26.4 Å². The maximum Gasteiger partial charge on any atom is 0.416 e. The van der Waals surface area contributed by atoms with Crippen molar-refractivity contribution in [3.63, 3.8) is 0 Å². The summed E-state index contributed by atoms with van der Waals surface area (Å²) in [5.74, 6) is -1.71. The number of fused-ring (bicyclic) bond motifs is 1. The van der Waals surface area contributed by atoms with Gasteiger partial charge in [0.05, 0.1) is 17.7 Å². The number of carbonyl (C=O) groups excluding carboxylic acids is 3. The Kier molecular flexibility index (Phi) is 3.95. The largest absolute Gasteiger partial charge is 0.416 e. The van der Waals surface area contributed by atoms with Gasteiger partial charge in [-0.3, -0.25) is 14.9 Å². The maximum absolute atomic E-state index is 12.6. The third-order valence-electron chi connectivity index (χ3n) is 3.20. The van der Waals surface area contributed by atoms with Crippen LogP contribution in [0.4, 0.5) is 23.7 Å². The first-order valence-electron chi connectivity index (χ1n) is 6.49. The molecule has 1 N–H and O–H groups in total. The van der Waals surface area contributed by atoms with Crippen molar-refractivity contribution in [3.8, 4) is 0 Å². The molecule has 0 aliphatic carbocycles. The van der Waals surface area contributed by atoms with E-state index in [9.17, 15) is 27.6 Å². The normalized spacial score (nSPS) is 14.3. The molecule has 5 nitrogen and oxygen atoms in total. The summed E-state index contributed by atoms with van der Waals surface area (Å²) >= 11 is 0. The summed E-state index contributed by atoms with van der Waals surface area (Å²) < 4.78 is 37.9. The topological polar surface area (TPSA) is 66.5 Å². The summed E-state index contributed by atoms with van der Waals surface area (Å²) in [7, 11) is 0. The van der Waals surface area contributed by atoms with E-state index in [4.69, 9.17) is 0 Å². The second-order valence-electron chi connectivity index (χ2n) is 5.20. The lowest BCUT2D eigenvalue weighted by molar-refractivity contribution is -0.137. The molecule has 1 aliphatic heterocycles. The van der Waals surface area contributed by atoms with E-state index >= 15 is 0 Å². The number of alkyl halides is 3. The minimum Gasteiger partial charge on any atom is -0.277 e. The summed E-state index contributed by atoms with van der Waals surface area (Å²) in [5.41, 5.74) is -0.724. The standard InChI is InChI=1S/C14H13F3N2O3/c1-7(2)12(21)18-13(22)19-10-4-3-9(14(15,16)17)5-8(10)6-11(19)20/h3-5,7H,6H2,1-2H3,(H,18,21,22). The van der Waals surface area contributed by atoms with E-state index in [-0.39, 0.29) is 17.7 Å². The van der Waals surface area contributed by atoms with Gasteiger partial charge in [0.25, 0.3) is 0 Å². The summed E-state index contributed by atoms with van der Waals surface area (Å²) in [6.45, 7) is 3.13. The van der Waals surface area contributed by atoms with Crippen LogP contribution in [-0.4, -0.2) is 17.8 Å². The number of amides is 4.